The Kier molecular flexibility index (Phi) is 5.90. The second-order valence-corrected chi connectivity index (χ2v) is 7.90. The third kappa shape index (κ3) is 3.98. The quantitative estimate of drug-likeness (QED) is 0.430. The van der Waals surface area contributed by atoms with Gasteiger partial charge in [0.1, 0.15) is 0 Å². The van der Waals surface area contributed by atoms with Gasteiger partial charge in [-0.25, -0.2) is 0 Å². The van der Waals surface area contributed by atoms with E-state index in [0.717, 1.165) is 31.7 Å². The van der Waals surface area contributed by atoms with E-state index < -0.39 is 0 Å². The maximum atomic E-state index is 12.2. The van der Waals surface area contributed by atoms with Crippen molar-refractivity contribution in [3.05, 3.63) is 45.3 Å². The van der Waals surface area contributed by atoms with E-state index in [-0.39, 0.29) is 5.91 Å². The molecular weight excluding hydrogens is 455 g/mol. The number of benzene rings is 1. The van der Waals surface area contributed by atoms with Crippen LogP contribution in [0, 0.1) is 3.57 Å². The summed E-state index contributed by atoms with van der Waals surface area (Å²) < 4.78 is 3.06. The van der Waals surface area contributed by atoms with Crippen molar-refractivity contribution in [2.24, 2.45) is 0 Å². The third-order valence-corrected chi connectivity index (χ3v) is 6.03. The van der Waals surface area contributed by atoms with Crippen molar-refractivity contribution >= 4 is 57.3 Å². The summed E-state index contributed by atoms with van der Waals surface area (Å²) in [6, 6.07) is 11.7. The number of thioether (sulfide) groups is 1. The first kappa shape index (κ1) is 17.4. The van der Waals surface area contributed by atoms with E-state index in [1.165, 1.54) is 11.8 Å². The van der Waals surface area contributed by atoms with Crippen molar-refractivity contribution in [1.82, 2.24) is 14.8 Å². The molecule has 0 unspecified atom stereocenters. The molecule has 2 heterocycles. The molecule has 3 aromatic rings. The minimum atomic E-state index is -0.0487. The molecule has 0 saturated carbocycles. The predicted octanol–water partition coefficient (Wildman–Crippen LogP) is 4.36. The van der Waals surface area contributed by atoms with E-state index in [1.807, 2.05) is 46.3 Å². The Morgan fingerprint density at radius 3 is 2.83 bits per heavy atom. The van der Waals surface area contributed by atoms with Gasteiger partial charge in [-0.05, 0) is 53.1 Å². The van der Waals surface area contributed by atoms with Crippen LogP contribution in [0.4, 0.5) is 5.69 Å². The maximum Gasteiger partial charge on any atom is 0.234 e. The number of carbonyl (C=O) groups excluding carboxylic acids is 1. The van der Waals surface area contributed by atoms with Crippen molar-refractivity contribution in [2.45, 2.75) is 18.6 Å². The summed E-state index contributed by atoms with van der Waals surface area (Å²) in [6.45, 7) is 2.82. The zero-order valence-electron chi connectivity index (χ0n) is 12.9. The molecule has 0 aliphatic rings. The average molecular weight is 470 g/mol. The molecule has 1 amide bonds. The first-order valence-electron chi connectivity index (χ1n) is 7.33. The normalized spacial score (nSPS) is 10.8. The number of hydrogen-bond donors (Lipinski definition) is 1. The van der Waals surface area contributed by atoms with E-state index >= 15 is 0 Å². The van der Waals surface area contributed by atoms with Crippen molar-refractivity contribution in [3.8, 4) is 10.7 Å². The molecule has 0 radical (unpaired) electrons. The highest BCUT2D eigenvalue weighted by molar-refractivity contribution is 14.1. The molecule has 8 heteroatoms. The van der Waals surface area contributed by atoms with E-state index in [0.29, 0.717) is 5.75 Å². The second-order valence-electron chi connectivity index (χ2n) is 4.84. The zero-order chi connectivity index (χ0) is 16.9. The van der Waals surface area contributed by atoms with Gasteiger partial charge in [-0.3, -0.25) is 4.79 Å². The summed E-state index contributed by atoms with van der Waals surface area (Å²) in [7, 11) is 0. The first-order valence-corrected chi connectivity index (χ1v) is 10.3. The molecule has 0 aliphatic carbocycles. The number of aromatic nitrogens is 3. The zero-order valence-corrected chi connectivity index (χ0v) is 16.7. The smallest absolute Gasteiger partial charge is 0.234 e. The number of hydrogen-bond acceptors (Lipinski definition) is 5. The third-order valence-electron chi connectivity index (χ3n) is 3.25. The summed E-state index contributed by atoms with van der Waals surface area (Å²) in [5.41, 5.74) is 0.833. The van der Waals surface area contributed by atoms with Crippen LogP contribution in [-0.2, 0) is 11.3 Å². The molecule has 0 fully saturated rings. The number of nitrogens with zero attached hydrogens (tertiary/aromatic N) is 3. The average Bonchev–Trinajstić information content (AvgIpc) is 3.23. The van der Waals surface area contributed by atoms with Gasteiger partial charge in [-0.1, -0.05) is 30.0 Å². The molecule has 0 atom stereocenters. The molecular formula is C16H15IN4OS2. The Labute approximate surface area is 162 Å². The van der Waals surface area contributed by atoms with Crippen molar-refractivity contribution < 1.29 is 4.79 Å². The lowest BCUT2D eigenvalue weighted by Crippen LogP contribution is -2.15. The fraction of sp³-hybridized carbons (Fsp3) is 0.188. The number of thiophene rings is 1. The van der Waals surface area contributed by atoms with Gasteiger partial charge in [0.25, 0.3) is 0 Å². The second kappa shape index (κ2) is 8.13. The van der Waals surface area contributed by atoms with Crippen LogP contribution in [0.15, 0.2) is 46.9 Å². The number of rotatable bonds is 6. The Balaban J connectivity index is 1.67. The number of nitrogens with one attached hydrogen (secondary N) is 1. The van der Waals surface area contributed by atoms with Crippen LogP contribution >= 0.6 is 45.7 Å². The van der Waals surface area contributed by atoms with Gasteiger partial charge >= 0.3 is 0 Å². The lowest BCUT2D eigenvalue weighted by molar-refractivity contribution is -0.113. The molecule has 0 saturated heterocycles. The molecule has 124 valence electrons. The lowest BCUT2D eigenvalue weighted by atomic mass is 10.3. The fourth-order valence-electron chi connectivity index (χ4n) is 2.15. The SMILES string of the molecule is CCn1c(SCC(=O)Nc2ccccc2I)nnc1-c1cccs1. The molecule has 1 aromatic carbocycles. The number of halogens is 1. The number of amides is 1. The van der Waals surface area contributed by atoms with Crippen molar-refractivity contribution in [2.75, 3.05) is 11.1 Å². The molecule has 5 nitrogen and oxygen atoms in total. The van der Waals surface area contributed by atoms with Gasteiger partial charge in [0.2, 0.25) is 5.91 Å². The first-order chi connectivity index (χ1) is 11.7. The van der Waals surface area contributed by atoms with Gasteiger partial charge < -0.3 is 9.88 Å². The summed E-state index contributed by atoms with van der Waals surface area (Å²) >= 11 is 5.24. The molecule has 3 rings (SSSR count). The highest BCUT2D eigenvalue weighted by Gasteiger charge is 2.15. The van der Waals surface area contributed by atoms with Crippen LogP contribution in [0.25, 0.3) is 10.7 Å². The van der Waals surface area contributed by atoms with E-state index in [1.54, 1.807) is 11.3 Å². The molecule has 0 spiro atoms. The number of carbonyl (C=O) groups is 1. The van der Waals surface area contributed by atoms with Crippen LogP contribution < -0.4 is 5.32 Å². The number of anilines is 1. The van der Waals surface area contributed by atoms with Gasteiger partial charge in [-0.15, -0.1) is 21.5 Å². The van der Waals surface area contributed by atoms with Crippen molar-refractivity contribution in [1.29, 1.82) is 0 Å². The lowest BCUT2D eigenvalue weighted by Gasteiger charge is -2.08. The standard InChI is InChI=1S/C16H15IN4OS2/c1-2-21-15(13-8-5-9-23-13)19-20-16(21)24-10-14(22)18-12-7-4-3-6-11(12)17/h3-9H,2,10H2,1H3,(H,18,22). The fourth-order valence-corrected chi connectivity index (χ4v) is 4.19. The van der Waals surface area contributed by atoms with Crippen LogP contribution in [0.1, 0.15) is 6.92 Å². The summed E-state index contributed by atoms with van der Waals surface area (Å²) in [4.78, 5) is 13.3. The Bertz CT molecular complexity index is 832. The molecule has 2 aromatic heterocycles. The van der Waals surface area contributed by atoms with Crippen LogP contribution in [-0.4, -0.2) is 26.4 Å². The van der Waals surface area contributed by atoms with Crippen LogP contribution in [0.2, 0.25) is 0 Å². The molecule has 0 aliphatic heterocycles. The summed E-state index contributed by atoms with van der Waals surface area (Å²) in [6.07, 6.45) is 0. The van der Waals surface area contributed by atoms with Gasteiger partial charge in [-0.2, -0.15) is 0 Å². The highest BCUT2D eigenvalue weighted by atomic mass is 127. The minimum absolute atomic E-state index is 0.0487. The minimum Gasteiger partial charge on any atom is -0.324 e. The topological polar surface area (TPSA) is 59.8 Å². The van der Waals surface area contributed by atoms with Crippen LogP contribution in [0.3, 0.4) is 0 Å². The Morgan fingerprint density at radius 2 is 2.12 bits per heavy atom. The molecule has 1 N–H and O–H groups in total. The largest absolute Gasteiger partial charge is 0.324 e. The monoisotopic (exact) mass is 470 g/mol. The molecule has 0 bridgehead atoms. The maximum absolute atomic E-state index is 12.2. The predicted molar refractivity (Wildman–Crippen MR) is 108 cm³/mol. The highest BCUT2D eigenvalue weighted by Crippen LogP contribution is 2.27. The Hall–Kier alpha value is -1.39. The summed E-state index contributed by atoms with van der Waals surface area (Å²) in [5.74, 6) is 1.11. The van der Waals surface area contributed by atoms with Gasteiger partial charge in [0, 0.05) is 10.1 Å². The van der Waals surface area contributed by atoms with E-state index in [2.05, 4.69) is 45.0 Å². The van der Waals surface area contributed by atoms with Crippen LogP contribution in [0.5, 0.6) is 0 Å². The van der Waals surface area contributed by atoms with E-state index in [4.69, 9.17) is 0 Å². The molecule has 24 heavy (non-hydrogen) atoms. The number of para-hydroxylation sites is 1. The van der Waals surface area contributed by atoms with Gasteiger partial charge in [0.15, 0.2) is 11.0 Å². The van der Waals surface area contributed by atoms with Crippen molar-refractivity contribution in [3.63, 3.8) is 0 Å². The summed E-state index contributed by atoms with van der Waals surface area (Å²) in [5, 5.41) is 14.2. The van der Waals surface area contributed by atoms with E-state index in [9.17, 15) is 4.79 Å². The Morgan fingerprint density at radius 1 is 1.29 bits per heavy atom. The van der Waals surface area contributed by atoms with Gasteiger partial charge in [0.05, 0.1) is 16.3 Å².